The van der Waals surface area contributed by atoms with Crippen molar-refractivity contribution < 1.29 is 36.1 Å². The van der Waals surface area contributed by atoms with Gasteiger partial charge >= 0.3 is 6.18 Å². The molecule has 2 aliphatic carbocycles. The van der Waals surface area contributed by atoms with Crippen molar-refractivity contribution in [3.8, 4) is 0 Å². The summed E-state index contributed by atoms with van der Waals surface area (Å²) in [5.41, 5.74) is 2.10. The first-order valence-electron chi connectivity index (χ1n) is 13.6. The number of nitrogens with one attached hydrogen (secondary N) is 2. The molecule has 222 valence electrons. The number of alkyl halides is 5. The molecular weight excluding hydrogens is 551 g/mol. The highest BCUT2D eigenvalue weighted by molar-refractivity contribution is 5.96. The van der Waals surface area contributed by atoms with Gasteiger partial charge in [0.1, 0.15) is 11.3 Å². The van der Waals surface area contributed by atoms with Gasteiger partial charge in [0.2, 0.25) is 11.8 Å². The van der Waals surface area contributed by atoms with E-state index < -0.39 is 48.8 Å². The second-order valence-electron chi connectivity index (χ2n) is 11.1. The lowest BCUT2D eigenvalue weighted by Crippen LogP contribution is -2.37. The Morgan fingerprint density at radius 3 is 2.39 bits per heavy atom. The van der Waals surface area contributed by atoms with Crippen molar-refractivity contribution in [3.05, 3.63) is 46.7 Å². The smallest absolute Gasteiger partial charge is 0.361 e. The van der Waals surface area contributed by atoms with Gasteiger partial charge in [-0.15, -0.1) is 0 Å². The molecule has 5 rings (SSSR count). The second kappa shape index (κ2) is 11.0. The number of aromatic nitrogens is 4. The molecule has 9 nitrogen and oxygen atoms in total. The van der Waals surface area contributed by atoms with Gasteiger partial charge < -0.3 is 15.2 Å². The standard InChI is InChI=1S/C27H31F5N6O3/c1-14-22(15(2)41-37-14)25(40)36-24(17-5-8-26(28,29)9-6-17)19-13-38-20(34-19)11-18(12-33-38)23(16-3-4-16)35-21(39)7-10-27(30,31)32/h11-13,16-17,23-24H,3-10H2,1-2H3,(H,35,39)(H,36,40)/t23?,24-/m0/s1. The number of rotatable bonds is 9. The molecule has 2 saturated carbocycles. The molecule has 3 aromatic heterocycles. The maximum absolute atomic E-state index is 14.0. The van der Waals surface area contributed by atoms with Crippen LogP contribution < -0.4 is 10.6 Å². The summed E-state index contributed by atoms with van der Waals surface area (Å²) < 4.78 is 72.3. The SMILES string of the molecule is Cc1noc(C)c1C(=O)N[C@H](c1cn2ncc(C(NC(=O)CCC(F)(F)F)C3CC3)cc2n1)C1CCC(F)(F)CC1. The molecular formula is C27H31F5N6O3. The average Bonchev–Trinajstić information content (AvgIpc) is 3.56. The van der Waals surface area contributed by atoms with Crippen molar-refractivity contribution in [1.82, 2.24) is 30.4 Å². The van der Waals surface area contributed by atoms with Crippen LogP contribution in [0.2, 0.25) is 0 Å². The highest BCUT2D eigenvalue weighted by Gasteiger charge is 2.40. The topological polar surface area (TPSA) is 114 Å². The molecule has 0 spiro atoms. The predicted octanol–water partition coefficient (Wildman–Crippen LogP) is 5.54. The first kappa shape index (κ1) is 28.9. The van der Waals surface area contributed by atoms with E-state index >= 15 is 0 Å². The summed E-state index contributed by atoms with van der Waals surface area (Å²) in [6.45, 7) is 3.25. The number of imidazole rings is 1. The minimum atomic E-state index is -4.43. The number of halogens is 5. The molecule has 1 unspecified atom stereocenters. The Bertz CT molecular complexity index is 1400. The van der Waals surface area contributed by atoms with E-state index in [2.05, 4.69) is 25.9 Å². The molecule has 0 aromatic carbocycles. The zero-order valence-corrected chi connectivity index (χ0v) is 22.6. The Morgan fingerprint density at radius 1 is 1.10 bits per heavy atom. The molecule has 0 radical (unpaired) electrons. The molecule has 2 fully saturated rings. The minimum absolute atomic E-state index is 0.0783. The number of amides is 2. The highest BCUT2D eigenvalue weighted by Crippen LogP contribution is 2.43. The van der Waals surface area contributed by atoms with Crippen molar-refractivity contribution in [3.63, 3.8) is 0 Å². The second-order valence-corrected chi connectivity index (χ2v) is 11.1. The summed E-state index contributed by atoms with van der Waals surface area (Å²) in [6, 6.07) is 0.494. The first-order valence-corrected chi connectivity index (χ1v) is 13.6. The van der Waals surface area contributed by atoms with Crippen LogP contribution in [0.25, 0.3) is 5.65 Å². The summed E-state index contributed by atoms with van der Waals surface area (Å²) >= 11 is 0. The third-order valence-electron chi connectivity index (χ3n) is 7.86. The molecule has 14 heteroatoms. The van der Waals surface area contributed by atoms with E-state index in [4.69, 9.17) is 4.52 Å². The average molecular weight is 583 g/mol. The summed E-state index contributed by atoms with van der Waals surface area (Å²) in [7, 11) is 0. The van der Waals surface area contributed by atoms with Crippen LogP contribution in [-0.2, 0) is 4.79 Å². The largest absolute Gasteiger partial charge is 0.389 e. The van der Waals surface area contributed by atoms with Gasteiger partial charge in [-0.25, -0.2) is 18.3 Å². The molecule has 0 bridgehead atoms. The molecule has 2 amide bonds. The Balaban J connectivity index is 1.40. The molecule has 0 aliphatic heterocycles. The Hall–Kier alpha value is -3.58. The van der Waals surface area contributed by atoms with Crippen molar-refractivity contribution in [2.24, 2.45) is 11.8 Å². The number of hydrogen-bond acceptors (Lipinski definition) is 6. The van der Waals surface area contributed by atoms with E-state index in [0.29, 0.717) is 28.4 Å². The summed E-state index contributed by atoms with van der Waals surface area (Å²) in [5.74, 6) is -3.81. The number of fused-ring (bicyclic) bond motifs is 1. The zero-order valence-electron chi connectivity index (χ0n) is 22.6. The lowest BCUT2D eigenvalue weighted by atomic mass is 9.81. The van der Waals surface area contributed by atoms with E-state index in [1.54, 1.807) is 26.1 Å². The molecule has 0 saturated heterocycles. The third-order valence-corrected chi connectivity index (χ3v) is 7.86. The van der Waals surface area contributed by atoms with Crippen molar-refractivity contribution in [2.75, 3.05) is 0 Å². The third kappa shape index (κ3) is 6.84. The maximum Gasteiger partial charge on any atom is 0.389 e. The lowest BCUT2D eigenvalue weighted by molar-refractivity contribution is -0.144. The van der Waals surface area contributed by atoms with Gasteiger partial charge in [-0.3, -0.25) is 9.59 Å². The monoisotopic (exact) mass is 582 g/mol. The number of hydrogen-bond donors (Lipinski definition) is 2. The minimum Gasteiger partial charge on any atom is -0.361 e. The van der Waals surface area contributed by atoms with Crippen LogP contribution >= 0.6 is 0 Å². The van der Waals surface area contributed by atoms with E-state index in [-0.39, 0.29) is 43.1 Å². The quantitative estimate of drug-likeness (QED) is 0.320. The van der Waals surface area contributed by atoms with Crippen LogP contribution in [0.3, 0.4) is 0 Å². The normalized spacial score (nSPS) is 19.2. The van der Waals surface area contributed by atoms with Crippen LogP contribution in [0, 0.1) is 25.7 Å². The van der Waals surface area contributed by atoms with Crippen molar-refractivity contribution >= 4 is 17.5 Å². The van der Waals surface area contributed by atoms with E-state index in [9.17, 15) is 31.5 Å². The predicted molar refractivity (Wildman–Crippen MR) is 135 cm³/mol. The lowest BCUT2D eigenvalue weighted by Gasteiger charge is -2.33. The fourth-order valence-electron chi connectivity index (χ4n) is 5.48. The van der Waals surface area contributed by atoms with Gasteiger partial charge in [-0.1, -0.05) is 5.16 Å². The number of carbonyl (C=O) groups is 2. The first-order chi connectivity index (χ1) is 19.3. The van der Waals surface area contributed by atoms with Crippen LogP contribution in [0.15, 0.2) is 23.0 Å². The summed E-state index contributed by atoms with van der Waals surface area (Å²) in [6.07, 6.45) is -1.75. The van der Waals surface area contributed by atoms with Crippen molar-refractivity contribution in [1.29, 1.82) is 0 Å². The fourth-order valence-corrected chi connectivity index (χ4v) is 5.48. The van der Waals surface area contributed by atoms with Gasteiger partial charge in [0, 0.05) is 19.3 Å². The fraction of sp³-hybridized carbons (Fsp3) is 0.593. The van der Waals surface area contributed by atoms with E-state index in [0.717, 1.165) is 12.8 Å². The number of carbonyl (C=O) groups excluding carboxylic acids is 2. The van der Waals surface area contributed by atoms with Crippen LogP contribution in [-0.4, -0.2) is 43.7 Å². The Kier molecular flexibility index (Phi) is 7.77. The van der Waals surface area contributed by atoms with E-state index in [1.165, 1.54) is 10.7 Å². The van der Waals surface area contributed by atoms with Crippen LogP contribution in [0.1, 0.15) is 96.5 Å². The van der Waals surface area contributed by atoms with Crippen LogP contribution in [0.4, 0.5) is 22.0 Å². The molecule has 41 heavy (non-hydrogen) atoms. The molecule has 3 heterocycles. The maximum atomic E-state index is 14.0. The Morgan fingerprint density at radius 2 is 1.78 bits per heavy atom. The summed E-state index contributed by atoms with van der Waals surface area (Å²) in [5, 5.41) is 13.9. The Labute approximate surface area is 232 Å². The van der Waals surface area contributed by atoms with Gasteiger partial charge in [0.25, 0.3) is 5.91 Å². The van der Waals surface area contributed by atoms with Gasteiger partial charge in [-0.2, -0.15) is 18.3 Å². The number of aryl methyl sites for hydroxylation is 2. The summed E-state index contributed by atoms with van der Waals surface area (Å²) in [4.78, 5) is 30.2. The molecule has 3 aromatic rings. The zero-order chi connectivity index (χ0) is 29.5. The van der Waals surface area contributed by atoms with Crippen molar-refractivity contribution in [2.45, 2.75) is 89.4 Å². The van der Waals surface area contributed by atoms with Gasteiger partial charge in [0.05, 0.1) is 42.3 Å². The molecule has 2 atom stereocenters. The highest BCUT2D eigenvalue weighted by atomic mass is 19.4. The van der Waals surface area contributed by atoms with Gasteiger partial charge in [-0.05, 0) is 63.0 Å². The molecule has 2 N–H and O–H groups in total. The molecule has 2 aliphatic rings. The van der Waals surface area contributed by atoms with Gasteiger partial charge in [0.15, 0.2) is 5.65 Å². The van der Waals surface area contributed by atoms with E-state index in [1.807, 2.05) is 0 Å². The van der Waals surface area contributed by atoms with Crippen LogP contribution in [0.5, 0.6) is 0 Å². The number of nitrogens with zero attached hydrogens (tertiary/aromatic N) is 4.